The van der Waals surface area contributed by atoms with Gasteiger partial charge < -0.3 is 5.32 Å². The third kappa shape index (κ3) is 2.51. The molecule has 1 N–H and O–H groups in total. The maximum Gasteiger partial charge on any atom is 0.0831 e. The summed E-state index contributed by atoms with van der Waals surface area (Å²) in [6.45, 7) is 6.29. The van der Waals surface area contributed by atoms with Gasteiger partial charge in [-0.25, -0.2) is 0 Å². The van der Waals surface area contributed by atoms with Gasteiger partial charge in [0.15, 0.2) is 0 Å². The number of aryl methyl sites for hydroxylation is 1. The van der Waals surface area contributed by atoms with Crippen LogP contribution in [-0.4, -0.2) is 40.4 Å². The molecule has 1 aromatic rings. The second-order valence-corrected chi connectivity index (χ2v) is 4.56. The fourth-order valence-electron chi connectivity index (χ4n) is 1.98. The van der Waals surface area contributed by atoms with Gasteiger partial charge in [-0.15, -0.1) is 0 Å². The van der Waals surface area contributed by atoms with Crippen molar-refractivity contribution >= 4 is 11.6 Å². The van der Waals surface area contributed by atoms with E-state index in [4.69, 9.17) is 11.6 Å². The van der Waals surface area contributed by atoms with Gasteiger partial charge in [-0.05, 0) is 6.92 Å². The van der Waals surface area contributed by atoms with Crippen LogP contribution >= 0.6 is 11.6 Å². The van der Waals surface area contributed by atoms with Gasteiger partial charge in [-0.3, -0.25) is 9.58 Å². The van der Waals surface area contributed by atoms with Gasteiger partial charge in [0.1, 0.15) is 0 Å². The maximum atomic E-state index is 6.08. The Balaban J connectivity index is 2.02. The van der Waals surface area contributed by atoms with Crippen molar-refractivity contribution in [2.45, 2.75) is 19.5 Å². The van der Waals surface area contributed by atoms with E-state index in [1.165, 1.54) is 0 Å². The Morgan fingerprint density at radius 3 is 3.07 bits per heavy atom. The summed E-state index contributed by atoms with van der Waals surface area (Å²) in [5.74, 6) is 0. The van der Waals surface area contributed by atoms with Crippen LogP contribution in [0.2, 0.25) is 5.02 Å². The Labute approximate surface area is 95.2 Å². The predicted octanol–water partition coefficient (Wildman–Crippen LogP) is 0.867. The van der Waals surface area contributed by atoms with E-state index in [0.717, 1.165) is 36.9 Å². The zero-order valence-electron chi connectivity index (χ0n) is 9.20. The van der Waals surface area contributed by atoms with Crippen molar-refractivity contribution in [3.63, 3.8) is 0 Å². The van der Waals surface area contributed by atoms with Crippen molar-refractivity contribution < 1.29 is 0 Å². The summed E-state index contributed by atoms with van der Waals surface area (Å²) in [7, 11) is 1.94. The molecule has 1 saturated heterocycles. The molecule has 0 aliphatic carbocycles. The molecule has 2 heterocycles. The number of aromatic nitrogens is 2. The molecule has 4 nitrogen and oxygen atoms in total. The predicted molar refractivity (Wildman–Crippen MR) is 61.0 cm³/mol. The Kier molecular flexibility index (Phi) is 3.29. The van der Waals surface area contributed by atoms with Crippen LogP contribution in [0.15, 0.2) is 6.20 Å². The van der Waals surface area contributed by atoms with E-state index < -0.39 is 0 Å². The van der Waals surface area contributed by atoms with Crippen molar-refractivity contribution in [2.24, 2.45) is 7.05 Å². The fraction of sp³-hybridized carbons (Fsp3) is 0.700. The fourth-order valence-corrected chi connectivity index (χ4v) is 2.21. The van der Waals surface area contributed by atoms with Gasteiger partial charge in [0.25, 0.3) is 0 Å². The smallest absolute Gasteiger partial charge is 0.0831 e. The van der Waals surface area contributed by atoms with E-state index >= 15 is 0 Å². The van der Waals surface area contributed by atoms with Crippen molar-refractivity contribution in [1.29, 1.82) is 0 Å². The first kappa shape index (κ1) is 10.9. The number of nitrogens with zero attached hydrogens (tertiary/aromatic N) is 3. The molecule has 1 unspecified atom stereocenters. The number of halogens is 1. The lowest BCUT2D eigenvalue weighted by molar-refractivity contribution is 0.195. The van der Waals surface area contributed by atoms with Crippen LogP contribution in [0.1, 0.15) is 12.6 Å². The molecule has 1 aliphatic heterocycles. The molecule has 15 heavy (non-hydrogen) atoms. The van der Waals surface area contributed by atoms with Gasteiger partial charge in [-0.2, -0.15) is 5.10 Å². The summed E-state index contributed by atoms with van der Waals surface area (Å²) >= 11 is 6.08. The highest BCUT2D eigenvalue weighted by atomic mass is 35.5. The minimum Gasteiger partial charge on any atom is -0.312 e. The number of piperazine rings is 1. The summed E-state index contributed by atoms with van der Waals surface area (Å²) in [6.07, 6.45) is 1.71. The van der Waals surface area contributed by atoms with Gasteiger partial charge in [0.2, 0.25) is 0 Å². The molecular formula is C10H17ClN4. The van der Waals surface area contributed by atoms with E-state index in [1.807, 2.05) is 11.7 Å². The van der Waals surface area contributed by atoms with Gasteiger partial charge in [0.05, 0.1) is 16.9 Å². The van der Waals surface area contributed by atoms with E-state index in [2.05, 4.69) is 22.2 Å². The Morgan fingerprint density at radius 2 is 2.47 bits per heavy atom. The summed E-state index contributed by atoms with van der Waals surface area (Å²) in [5, 5.41) is 8.33. The molecule has 1 aromatic heterocycles. The molecule has 0 aromatic carbocycles. The van der Waals surface area contributed by atoms with Crippen molar-refractivity contribution in [1.82, 2.24) is 20.0 Å². The molecule has 0 spiro atoms. The van der Waals surface area contributed by atoms with E-state index in [9.17, 15) is 0 Å². The third-order valence-electron chi connectivity index (χ3n) is 2.84. The maximum absolute atomic E-state index is 6.08. The van der Waals surface area contributed by atoms with Crippen LogP contribution in [0.3, 0.4) is 0 Å². The van der Waals surface area contributed by atoms with E-state index in [1.54, 1.807) is 6.20 Å². The van der Waals surface area contributed by atoms with Crippen molar-refractivity contribution in [2.75, 3.05) is 19.6 Å². The third-order valence-corrected chi connectivity index (χ3v) is 3.15. The topological polar surface area (TPSA) is 33.1 Å². The van der Waals surface area contributed by atoms with Gasteiger partial charge in [0, 0.05) is 39.3 Å². The van der Waals surface area contributed by atoms with Crippen LogP contribution in [-0.2, 0) is 13.6 Å². The van der Waals surface area contributed by atoms with Crippen molar-refractivity contribution in [3.8, 4) is 0 Å². The Hall–Kier alpha value is -0.580. The molecule has 0 amide bonds. The molecule has 84 valence electrons. The van der Waals surface area contributed by atoms with Crippen LogP contribution in [0.25, 0.3) is 0 Å². The molecular weight excluding hydrogens is 212 g/mol. The van der Waals surface area contributed by atoms with Gasteiger partial charge in [-0.1, -0.05) is 11.6 Å². The quantitative estimate of drug-likeness (QED) is 0.816. The largest absolute Gasteiger partial charge is 0.312 e. The van der Waals surface area contributed by atoms with Gasteiger partial charge >= 0.3 is 0 Å². The molecule has 1 atom stereocenters. The molecule has 2 rings (SSSR count). The standard InChI is InChI=1S/C10H17ClN4/c1-8-6-15(4-3-12-8)7-10-9(11)5-13-14(10)2/h5,8,12H,3-4,6-7H2,1-2H3. The first-order valence-corrected chi connectivity index (χ1v) is 5.66. The average molecular weight is 229 g/mol. The highest BCUT2D eigenvalue weighted by Crippen LogP contribution is 2.16. The SMILES string of the molecule is CC1CN(Cc2c(Cl)cnn2C)CCN1. The second kappa shape index (κ2) is 4.51. The molecule has 5 heteroatoms. The minimum absolute atomic E-state index is 0.561. The molecule has 1 aliphatic rings. The number of hydrogen-bond donors (Lipinski definition) is 1. The van der Waals surface area contributed by atoms with E-state index in [0.29, 0.717) is 6.04 Å². The Morgan fingerprint density at radius 1 is 1.67 bits per heavy atom. The molecule has 0 radical (unpaired) electrons. The summed E-state index contributed by atoms with van der Waals surface area (Å²) < 4.78 is 1.86. The lowest BCUT2D eigenvalue weighted by Gasteiger charge is -2.31. The van der Waals surface area contributed by atoms with Crippen LogP contribution < -0.4 is 5.32 Å². The van der Waals surface area contributed by atoms with Crippen LogP contribution in [0.4, 0.5) is 0 Å². The molecule has 1 fully saturated rings. The first-order valence-electron chi connectivity index (χ1n) is 5.29. The number of nitrogens with one attached hydrogen (secondary N) is 1. The van der Waals surface area contributed by atoms with Crippen molar-refractivity contribution in [3.05, 3.63) is 16.9 Å². The Bertz CT molecular complexity index is 317. The van der Waals surface area contributed by atoms with E-state index in [-0.39, 0.29) is 0 Å². The summed E-state index contributed by atoms with van der Waals surface area (Å²) in [5.41, 5.74) is 1.10. The zero-order valence-corrected chi connectivity index (χ0v) is 9.96. The highest BCUT2D eigenvalue weighted by Gasteiger charge is 2.18. The highest BCUT2D eigenvalue weighted by molar-refractivity contribution is 6.31. The van der Waals surface area contributed by atoms with Crippen LogP contribution in [0, 0.1) is 0 Å². The second-order valence-electron chi connectivity index (χ2n) is 4.15. The number of hydrogen-bond acceptors (Lipinski definition) is 3. The average Bonchev–Trinajstić information content (AvgIpc) is 2.50. The lowest BCUT2D eigenvalue weighted by atomic mass is 10.2. The normalized spacial score (nSPS) is 23.3. The first-order chi connectivity index (χ1) is 7.16. The monoisotopic (exact) mass is 228 g/mol. The summed E-state index contributed by atoms with van der Waals surface area (Å²) in [6, 6.07) is 0.561. The number of rotatable bonds is 2. The van der Waals surface area contributed by atoms with Crippen LogP contribution in [0.5, 0.6) is 0 Å². The minimum atomic E-state index is 0.561. The zero-order chi connectivity index (χ0) is 10.8. The molecule has 0 saturated carbocycles. The lowest BCUT2D eigenvalue weighted by Crippen LogP contribution is -2.48. The molecule has 0 bridgehead atoms. The summed E-state index contributed by atoms with van der Waals surface area (Å²) in [4.78, 5) is 2.41.